The summed E-state index contributed by atoms with van der Waals surface area (Å²) in [4.78, 5) is 22.8. The van der Waals surface area contributed by atoms with Crippen molar-refractivity contribution in [1.29, 1.82) is 0 Å². The van der Waals surface area contributed by atoms with Crippen LogP contribution in [0.4, 0.5) is 20.4 Å². The molecule has 51 heavy (non-hydrogen) atoms. The normalized spacial score (nSPS) is 20.5. The highest BCUT2D eigenvalue weighted by Gasteiger charge is 2.49. The van der Waals surface area contributed by atoms with E-state index in [0.29, 0.717) is 53.4 Å². The highest BCUT2D eigenvalue weighted by atomic mass is 19.1. The van der Waals surface area contributed by atoms with Crippen LogP contribution in [0.2, 0.25) is 0 Å². The molecule has 3 aliphatic rings. The van der Waals surface area contributed by atoms with E-state index < -0.39 is 17.5 Å². The molecule has 2 aromatic carbocycles. The standard InChI is InChI=1S/C38H37F2N7O4/c1-4-23-8-5-9-24-16-26(51-21-48-3)17-28(29(23)24)32-31(40)33-30-35(45-37(44-33)50-20-38-11-7-13-46(38)19-25(39)18-38)47(14-15-49-36(30)43-32)22(2)27-10-6-12-42-34(27)41/h1,5-6,8-10,12,16-17,22,25H,7,11,13-15,18-21H2,2-3H3,(H2,41,42)/t22-,25-,38+/m1/s1. The Bertz CT molecular complexity index is 2200. The Morgan fingerprint density at radius 3 is 2.84 bits per heavy atom. The molecule has 2 saturated heterocycles. The maximum Gasteiger partial charge on any atom is 0.319 e. The molecule has 0 amide bonds. The quantitative estimate of drug-likeness (QED) is 0.148. The van der Waals surface area contributed by atoms with Crippen molar-refractivity contribution in [2.75, 3.05) is 57.4 Å². The number of nitrogen functional groups attached to an aromatic ring is 1. The summed E-state index contributed by atoms with van der Waals surface area (Å²) in [6.45, 7) is 3.86. The zero-order valence-corrected chi connectivity index (χ0v) is 28.4. The van der Waals surface area contributed by atoms with Gasteiger partial charge in [-0.2, -0.15) is 9.97 Å². The molecule has 5 aromatic rings. The van der Waals surface area contributed by atoms with Crippen LogP contribution in [0.5, 0.6) is 17.6 Å². The molecule has 0 bridgehead atoms. The summed E-state index contributed by atoms with van der Waals surface area (Å²) in [5.41, 5.74) is 7.50. The average molecular weight is 694 g/mol. The summed E-state index contributed by atoms with van der Waals surface area (Å²) >= 11 is 0. The summed E-state index contributed by atoms with van der Waals surface area (Å²) in [6.07, 6.45) is 8.74. The highest BCUT2D eigenvalue weighted by Crippen LogP contribution is 2.45. The van der Waals surface area contributed by atoms with Crippen LogP contribution < -0.4 is 24.8 Å². The first-order valence-corrected chi connectivity index (χ1v) is 17.0. The molecule has 0 spiro atoms. The molecule has 13 heteroatoms. The van der Waals surface area contributed by atoms with Gasteiger partial charge in [-0.1, -0.05) is 24.1 Å². The molecule has 3 aromatic heterocycles. The minimum atomic E-state index is -0.936. The lowest BCUT2D eigenvalue weighted by Crippen LogP contribution is -2.43. The first-order valence-electron chi connectivity index (χ1n) is 17.0. The summed E-state index contributed by atoms with van der Waals surface area (Å²) in [7, 11) is 1.52. The Balaban J connectivity index is 1.33. The molecular weight excluding hydrogens is 656 g/mol. The number of nitrogens with two attached hydrogens (primary N) is 1. The molecule has 11 nitrogen and oxygen atoms in total. The van der Waals surface area contributed by atoms with Gasteiger partial charge in [0.1, 0.15) is 53.4 Å². The number of alkyl halides is 1. The summed E-state index contributed by atoms with van der Waals surface area (Å²) in [5.74, 6) is 3.34. The largest absolute Gasteiger partial charge is 0.475 e. The van der Waals surface area contributed by atoms with Crippen LogP contribution in [0.25, 0.3) is 32.9 Å². The van der Waals surface area contributed by atoms with Gasteiger partial charge in [0.15, 0.2) is 12.6 Å². The number of terminal acetylenes is 1. The van der Waals surface area contributed by atoms with Crippen LogP contribution in [0.1, 0.15) is 43.4 Å². The summed E-state index contributed by atoms with van der Waals surface area (Å²) < 4.78 is 55.6. The molecule has 2 fully saturated rings. The second-order valence-electron chi connectivity index (χ2n) is 13.3. The molecule has 0 unspecified atom stereocenters. The van der Waals surface area contributed by atoms with Gasteiger partial charge in [0.25, 0.3) is 0 Å². The van der Waals surface area contributed by atoms with E-state index in [1.807, 2.05) is 42.2 Å². The number of hydrogen-bond donors (Lipinski definition) is 1. The number of anilines is 2. The molecule has 3 aliphatic heterocycles. The van der Waals surface area contributed by atoms with E-state index in [-0.39, 0.29) is 54.5 Å². The lowest BCUT2D eigenvalue weighted by molar-refractivity contribution is 0.0512. The van der Waals surface area contributed by atoms with Gasteiger partial charge in [-0.3, -0.25) is 4.90 Å². The van der Waals surface area contributed by atoms with Crippen LogP contribution in [-0.2, 0) is 4.74 Å². The number of methoxy groups -OCH3 is 1. The average Bonchev–Trinajstić information content (AvgIpc) is 3.60. The molecule has 6 heterocycles. The molecule has 0 radical (unpaired) electrons. The third kappa shape index (κ3) is 5.68. The molecule has 0 saturated carbocycles. The van der Waals surface area contributed by atoms with E-state index in [9.17, 15) is 4.39 Å². The number of pyridine rings is 2. The summed E-state index contributed by atoms with van der Waals surface area (Å²) in [6, 6.07) is 12.3. The molecule has 3 atom stereocenters. The van der Waals surface area contributed by atoms with Crippen molar-refractivity contribution in [3.05, 3.63) is 65.6 Å². The van der Waals surface area contributed by atoms with Crippen molar-refractivity contribution < 1.29 is 27.7 Å². The second-order valence-corrected chi connectivity index (χ2v) is 13.3. The minimum absolute atomic E-state index is 0.0173. The van der Waals surface area contributed by atoms with Gasteiger partial charge in [-0.25, -0.2) is 18.7 Å². The van der Waals surface area contributed by atoms with Crippen molar-refractivity contribution in [1.82, 2.24) is 24.8 Å². The van der Waals surface area contributed by atoms with Crippen molar-refractivity contribution in [2.45, 2.75) is 43.9 Å². The van der Waals surface area contributed by atoms with E-state index in [1.165, 1.54) is 7.11 Å². The Morgan fingerprint density at radius 1 is 1.14 bits per heavy atom. The van der Waals surface area contributed by atoms with Gasteiger partial charge in [0.05, 0.1) is 18.1 Å². The van der Waals surface area contributed by atoms with E-state index in [0.717, 1.165) is 30.3 Å². The number of halogens is 2. The minimum Gasteiger partial charge on any atom is -0.475 e. The number of benzene rings is 2. The van der Waals surface area contributed by atoms with Crippen LogP contribution in [0.15, 0.2) is 48.7 Å². The van der Waals surface area contributed by atoms with E-state index in [1.54, 1.807) is 18.3 Å². The Kier molecular flexibility index (Phi) is 8.44. The first-order chi connectivity index (χ1) is 24.8. The van der Waals surface area contributed by atoms with Crippen LogP contribution in [0, 0.1) is 18.2 Å². The van der Waals surface area contributed by atoms with Crippen molar-refractivity contribution in [3.63, 3.8) is 0 Å². The topological polar surface area (TPSA) is 121 Å². The number of ether oxygens (including phenoxy) is 4. The van der Waals surface area contributed by atoms with Gasteiger partial charge in [-0.15, -0.1) is 6.42 Å². The van der Waals surface area contributed by atoms with E-state index >= 15 is 4.39 Å². The zero-order chi connectivity index (χ0) is 35.3. The van der Waals surface area contributed by atoms with Crippen LogP contribution in [-0.4, -0.2) is 83.3 Å². The predicted octanol–water partition coefficient (Wildman–Crippen LogP) is 5.84. The SMILES string of the molecule is C#Cc1cccc2cc(OCOC)cc(-c3nc4c5c(nc(OC[C@@]67CCCN6C[C@H](F)C7)nc5c3F)N([C@H](C)c3cccnc3N)CCO4)c12. The molecule has 0 aliphatic carbocycles. The fourth-order valence-corrected chi connectivity index (χ4v) is 7.90. The Hall–Kier alpha value is -5.32. The third-order valence-corrected chi connectivity index (χ3v) is 10.3. The second kappa shape index (κ2) is 13.1. The highest BCUT2D eigenvalue weighted by molar-refractivity contribution is 6.04. The first kappa shape index (κ1) is 32.9. The molecule has 8 rings (SSSR count). The lowest BCUT2D eigenvalue weighted by Gasteiger charge is -2.32. The molecule has 2 N–H and O–H groups in total. The monoisotopic (exact) mass is 693 g/mol. The lowest BCUT2D eigenvalue weighted by atomic mass is 9.95. The molecule has 262 valence electrons. The smallest absolute Gasteiger partial charge is 0.319 e. The van der Waals surface area contributed by atoms with Crippen molar-refractivity contribution in [2.24, 2.45) is 0 Å². The fourth-order valence-electron chi connectivity index (χ4n) is 7.90. The maximum absolute atomic E-state index is 17.4. The van der Waals surface area contributed by atoms with Crippen LogP contribution in [0.3, 0.4) is 0 Å². The van der Waals surface area contributed by atoms with Crippen molar-refractivity contribution >= 4 is 33.3 Å². The van der Waals surface area contributed by atoms with Gasteiger partial charge >= 0.3 is 6.01 Å². The Morgan fingerprint density at radius 2 is 2.02 bits per heavy atom. The molecular formula is C38H37F2N7O4. The van der Waals surface area contributed by atoms with E-state index in [2.05, 4.69) is 20.8 Å². The van der Waals surface area contributed by atoms with Gasteiger partial charge in [-0.05, 0) is 56.0 Å². The van der Waals surface area contributed by atoms with E-state index in [4.69, 9.17) is 41.1 Å². The van der Waals surface area contributed by atoms with Gasteiger partial charge in [0, 0.05) is 48.3 Å². The Labute approximate surface area is 293 Å². The summed E-state index contributed by atoms with van der Waals surface area (Å²) in [5, 5.41) is 1.63. The third-order valence-electron chi connectivity index (χ3n) is 10.3. The maximum atomic E-state index is 17.4. The zero-order valence-electron chi connectivity index (χ0n) is 28.4. The van der Waals surface area contributed by atoms with Crippen molar-refractivity contribution in [3.8, 4) is 41.2 Å². The number of hydrogen-bond acceptors (Lipinski definition) is 11. The van der Waals surface area contributed by atoms with Gasteiger partial charge < -0.3 is 29.6 Å². The fraction of sp³-hybridized carbons (Fsp3) is 0.368. The number of rotatable bonds is 9. The van der Waals surface area contributed by atoms with Gasteiger partial charge in [0.2, 0.25) is 5.88 Å². The van der Waals surface area contributed by atoms with Crippen LogP contribution >= 0.6 is 0 Å². The number of aromatic nitrogens is 4. The number of fused-ring (bicyclic) bond motifs is 2. The predicted molar refractivity (Wildman–Crippen MR) is 189 cm³/mol. The number of nitrogens with zero attached hydrogens (tertiary/aromatic N) is 6.